The predicted octanol–water partition coefficient (Wildman–Crippen LogP) is 4.92. The molecule has 1 nitrogen and oxygen atoms in total. The van der Waals surface area contributed by atoms with Crippen molar-refractivity contribution >= 4 is 15.9 Å². The van der Waals surface area contributed by atoms with E-state index in [4.69, 9.17) is 0 Å². The average Bonchev–Trinajstić information content (AvgIpc) is 2.41. The predicted molar refractivity (Wildman–Crippen MR) is 76.4 cm³/mol. The Bertz CT molecular complexity index is 640. The summed E-state index contributed by atoms with van der Waals surface area (Å²) in [5, 5.41) is 2.95. The van der Waals surface area contributed by atoms with E-state index in [9.17, 15) is 17.6 Å². The molecular formula is C15H12BrF4N. The van der Waals surface area contributed by atoms with Crippen molar-refractivity contribution in [2.75, 3.05) is 7.05 Å². The average molecular weight is 362 g/mol. The van der Waals surface area contributed by atoms with Crippen molar-refractivity contribution in [3.8, 4) is 0 Å². The lowest BCUT2D eigenvalue weighted by Crippen LogP contribution is -2.19. The van der Waals surface area contributed by atoms with Crippen molar-refractivity contribution in [1.82, 2.24) is 5.32 Å². The van der Waals surface area contributed by atoms with E-state index < -0.39 is 23.6 Å². The Morgan fingerprint density at radius 2 is 1.81 bits per heavy atom. The van der Waals surface area contributed by atoms with Gasteiger partial charge in [-0.15, -0.1) is 0 Å². The Balaban J connectivity index is 2.47. The van der Waals surface area contributed by atoms with Crippen LogP contribution in [0.2, 0.25) is 0 Å². The molecule has 0 bridgehead atoms. The number of nitrogens with one attached hydrogen (secondary N) is 1. The monoisotopic (exact) mass is 361 g/mol. The Hall–Kier alpha value is -1.40. The Morgan fingerprint density at radius 3 is 2.38 bits per heavy atom. The fourth-order valence-electron chi connectivity index (χ4n) is 2.13. The molecule has 0 aromatic heterocycles. The van der Waals surface area contributed by atoms with Crippen molar-refractivity contribution in [1.29, 1.82) is 0 Å². The Labute approximate surface area is 128 Å². The van der Waals surface area contributed by atoms with Crippen molar-refractivity contribution < 1.29 is 17.6 Å². The van der Waals surface area contributed by atoms with Gasteiger partial charge in [0.2, 0.25) is 0 Å². The smallest absolute Gasteiger partial charge is 0.309 e. The van der Waals surface area contributed by atoms with E-state index in [1.165, 1.54) is 18.2 Å². The molecule has 1 N–H and O–H groups in total. The Morgan fingerprint density at radius 1 is 1.10 bits per heavy atom. The lowest BCUT2D eigenvalue weighted by Gasteiger charge is -2.20. The second-order valence-electron chi connectivity index (χ2n) is 4.51. The van der Waals surface area contributed by atoms with Gasteiger partial charge in [-0.05, 0) is 42.4 Å². The van der Waals surface area contributed by atoms with E-state index in [1.807, 2.05) is 0 Å². The van der Waals surface area contributed by atoms with Crippen LogP contribution in [0.4, 0.5) is 17.6 Å². The molecule has 0 saturated heterocycles. The molecule has 2 aromatic carbocycles. The third-order valence-corrected chi connectivity index (χ3v) is 3.80. The fraction of sp³-hybridized carbons (Fsp3) is 0.200. The highest BCUT2D eigenvalue weighted by molar-refractivity contribution is 9.10. The molecule has 0 spiro atoms. The molecule has 0 aliphatic rings. The summed E-state index contributed by atoms with van der Waals surface area (Å²) in [5.41, 5.74) is 0.413. The molecule has 0 amide bonds. The largest absolute Gasteiger partial charge is 0.416 e. The molecule has 112 valence electrons. The van der Waals surface area contributed by atoms with Gasteiger partial charge in [0.25, 0.3) is 0 Å². The number of rotatable bonds is 3. The van der Waals surface area contributed by atoms with Crippen molar-refractivity contribution in [2.45, 2.75) is 12.2 Å². The summed E-state index contributed by atoms with van der Waals surface area (Å²) in [6.45, 7) is 0. The minimum absolute atomic E-state index is 0.412. The van der Waals surface area contributed by atoms with Gasteiger partial charge in [0, 0.05) is 4.47 Å². The van der Waals surface area contributed by atoms with Gasteiger partial charge >= 0.3 is 6.18 Å². The van der Waals surface area contributed by atoms with Gasteiger partial charge in [-0.2, -0.15) is 13.2 Å². The second kappa shape index (κ2) is 6.15. The van der Waals surface area contributed by atoms with Crippen LogP contribution in [-0.2, 0) is 6.18 Å². The summed E-state index contributed by atoms with van der Waals surface area (Å²) in [4.78, 5) is 0. The molecule has 0 saturated carbocycles. The summed E-state index contributed by atoms with van der Waals surface area (Å²) in [7, 11) is 1.64. The van der Waals surface area contributed by atoms with E-state index in [-0.39, 0.29) is 0 Å². The maximum Gasteiger partial charge on any atom is 0.416 e. The summed E-state index contributed by atoms with van der Waals surface area (Å²) < 4.78 is 52.0. The Kier molecular flexibility index (Phi) is 4.68. The van der Waals surface area contributed by atoms with E-state index in [2.05, 4.69) is 21.2 Å². The zero-order valence-electron chi connectivity index (χ0n) is 11.0. The lowest BCUT2D eigenvalue weighted by molar-refractivity contribution is -0.137. The van der Waals surface area contributed by atoms with Crippen molar-refractivity contribution in [2.24, 2.45) is 0 Å². The van der Waals surface area contributed by atoms with E-state index in [0.717, 1.165) is 12.1 Å². The number of benzene rings is 2. The highest BCUT2D eigenvalue weighted by Gasteiger charge is 2.31. The molecule has 1 atom stereocenters. The molecule has 0 radical (unpaired) electrons. The first-order valence-electron chi connectivity index (χ1n) is 6.12. The zero-order valence-corrected chi connectivity index (χ0v) is 12.6. The van der Waals surface area contributed by atoms with Gasteiger partial charge in [-0.1, -0.05) is 34.1 Å². The van der Waals surface area contributed by atoms with E-state index in [0.29, 0.717) is 15.6 Å². The van der Waals surface area contributed by atoms with Gasteiger partial charge in [-0.3, -0.25) is 0 Å². The minimum Gasteiger partial charge on any atom is -0.309 e. The number of hydrogen-bond acceptors (Lipinski definition) is 1. The third kappa shape index (κ3) is 3.63. The molecule has 0 aliphatic carbocycles. The first-order valence-corrected chi connectivity index (χ1v) is 6.91. The standard InChI is InChI=1S/C15H12BrF4N/c1-21-14(12-6-5-11(17)8-13(12)16)9-3-2-4-10(7-9)15(18,19)20/h2-8,14,21H,1H3. The SMILES string of the molecule is CNC(c1cccc(C(F)(F)F)c1)c1ccc(F)cc1Br. The maximum absolute atomic E-state index is 13.1. The van der Waals surface area contributed by atoms with Crippen LogP contribution >= 0.6 is 15.9 Å². The summed E-state index contributed by atoms with van der Waals surface area (Å²) >= 11 is 3.24. The number of halogens is 5. The fourth-order valence-corrected chi connectivity index (χ4v) is 2.71. The molecule has 0 fully saturated rings. The quantitative estimate of drug-likeness (QED) is 0.765. The first kappa shape index (κ1) is 16.0. The van der Waals surface area contributed by atoms with Gasteiger partial charge in [0.1, 0.15) is 5.82 Å². The normalized spacial score (nSPS) is 13.2. The van der Waals surface area contributed by atoms with Crippen molar-refractivity contribution in [3.63, 3.8) is 0 Å². The van der Waals surface area contributed by atoms with Crippen LogP contribution in [0.15, 0.2) is 46.9 Å². The first-order chi connectivity index (χ1) is 9.82. The molecular weight excluding hydrogens is 350 g/mol. The number of hydrogen-bond donors (Lipinski definition) is 1. The van der Waals surface area contributed by atoms with Crippen LogP contribution < -0.4 is 5.32 Å². The molecule has 0 heterocycles. The molecule has 6 heteroatoms. The molecule has 21 heavy (non-hydrogen) atoms. The minimum atomic E-state index is -4.39. The highest BCUT2D eigenvalue weighted by atomic mass is 79.9. The van der Waals surface area contributed by atoms with Crippen LogP contribution in [0.1, 0.15) is 22.7 Å². The second-order valence-corrected chi connectivity index (χ2v) is 5.37. The van der Waals surface area contributed by atoms with E-state index >= 15 is 0 Å². The third-order valence-electron chi connectivity index (χ3n) is 3.11. The van der Waals surface area contributed by atoms with Crippen LogP contribution in [0, 0.1) is 5.82 Å². The van der Waals surface area contributed by atoms with Gasteiger partial charge in [-0.25, -0.2) is 4.39 Å². The van der Waals surface area contributed by atoms with Crippen LogP contribution in [0.5, 0.6) is 0 Å². The zero-order chi connectivity index (χ0) is 15.6. The van der Waals surface area contributed by atoms with Gasteiger partial charge < -0.3 is 5.32 Å². The molecule has 2 rings (SSSR count). The molecule has 2 aromatic rings. The van der Waals surface area contributed by atoms with Crippen LogP contribution in [0.25, 0.3) is 0 Å². The topological polar surface area (TPSA) is 12.0 Å². The molecule has 0 aliphatic heterocycles. The van der Waals surface area contributed by atoms with Gasteiger partial charge in [0.05, 0.1) is 11.6 Å². The summed E-state index contributed by atoms with van der Waals surface area (Å²) in [6.07, 6.45) is -4.39. The summed E-state index contributed by atoms with van der Waals surface area (Å²) in [6, 6.07) is 8.72. The number of alkyl halides is 3. The van der Waals surface area contributed by atoms with Crippen molar-refractivity contribution in [3.05, 3.63) is 69.4 Å². The lowest BCUT2D eigenvalue weighted by atomic mass is 9.97. The van der Waals surface area contributed by atoms with Crippen LogP contribution in [-0.4, -0.2) is 7.05 Å². The van der Waals surface area contributed by atoms with E-state index in [1.54, 1.807) is 19.2 Å². The van der Waals surface area contributed by atoms with Gasteiger partial charge in [0.15, 0.2) is 0 Å². The van der Waals surface area contributed by atoms with Crippen LogP contribution in [0.3, 0.4) is 0 Å². The summed E-state index contributed by atoms with van der Waals surface area (Å²) in [5.74, 6) is -0.412. The molecule has 1 unspecified atom stereocenters. The maximum atomic E-state index is 13.1. The highest BCUT2D eigenvalue weighted by Crippen LogP contribution is 2.34.